The average Bonchev–Trinajstić information content (AvgIpc) is 2.42. The van der Waals surface area contributed by atoms with Gasteiger partial charge in [-0.2, -0.15) is 0 Å². The van der Waals surface area contributed by atoms with Gasteiger partial charge in [0.05, 0.1) is 0 Å². The van der Waals surface area contributed by atoms with Gasteiger partial charge in [-0.05, 0) is 36.4 Å². The van der Waals surface area contributed by atoms with E-state index in [1.54, 1.807) is 12.1 Å². The largest absolute Gasteiger partial charge is 0.399 e. The Kier molecular flexibility index (Phi) is 4.05. The molecule has 2 rings (SSSR count). The van der Waals surface area contributed by atoms with Crippen molar-refractivity contribution in [3.05, 3.63) is 60.2 Å². The van der Waals surface area contributed by atoms with E-state index < -0.39 is 0 Å². The Balaban J connectivity index is 2.36. The second kappa shape index (κ2) is 5.93. The van der Waals surface area contributed by atoms with Crippen molar-refractivity contribution in [2.24, 2.45) is 5.73 Å². The summed E-state index contributed by atoms with van der Waals surface area (Å²) in [5.41, 5.74) is 21.5. The highest BCUT2D eigenvalue weighted by atomic mass is 14.9. The Morgan fingerprint density at radius 3 is 2.47 bits per heavy atom. The van der Waals surface area contributed by atoms with Crippen LogP contribution >= 0.6 is 0 Å². The summed E-state index contributed by atoms with van der Waals surface area (Å²) in [6.07, 6.45) is 1.89. The minimum atomic E-state index is 0.420. The highest BCUT2D eigenvalue weighted by Gasteiger charge is 2.06. The van der Waals surface area contributed by atoms with Crippen LogP contribution in [-0.4, -0.2) is 6.54 Å². The standard InChI is InChI=1S/C15H18N4/c16-9-8-15(19-12-4-2-1-3-5-12)13-10-11(17)6-7-14(13)18/h1-8,10,19H,9,16-18H2. The first-order chi connectivity index (χ1) is 9.20. The third-order valence-electron chi connectivity index (χ3n) is 2.74. The zero-order valence-electron chi connectivity index (χ0n) is 10.6. The van der Waals surface area contributed by atoms with Gasteiger partial charge in [-0.1, -0.05) is 18.2 Å². The van der Waals surface area contributed by atoms with Crippen molar-refractivity contribution in [2.75, 3.05) is 23.3 Å². The second-order valence-corrected chi connectivity index (χ2v) is 4.19. The topological polar surface area (TPSA) is 90.1 Å². The molecular formula is C15H18N4. The van der Waals surface area contributed by atoms with Crippen molar-refractivity contribution in [1.29, 1.82) is 0 Å². The van der Waals surface area contributed by atoms with Crippen LogP contribution in [0.5, 0.6) is 0 Å². The zero-order valence-corrected chi connectivity index (χ0v) is 10.6. The van der Waals surface area contributed by atoms with Gasteiger partial charge < -0.3 is 22.5 Å². The Morgan fingerprint density at radius 1 is 1.05 bits per heavy atom. The number of rotatable bonds is 4. The number of hydrogen-bond acceptors (Lipinski definition) is 4. The van der Waals surface area contributed by atoms with Crippen molar-refractivity contribution in [1.82, 2.24) is 0 Å². The summed E-state index contributed by atoms with van der Waals surface area (Å²) in [7, 11) is 0. The minimum absolute atomic E-state index is 0.420. The molecule has 0 bridgehead atoms. The predicted molar refractivity (Wildman–Crippen MR) is 82.4 cm³/mol. The van der Waals surface area contributed by atoms with Gasteiger partial charge in [0, 0.05) is 34.9 Å². The van der Waals surface area contributed by atoms with Gasteiger partial charge in [0.25, 0.3) is 0 Å². The maximum Gasteiger partial charge on any atom is 0.0451 e. The van der Waals surface area contributed by atoms with E-state index in [1.807, 2.05) is 42.5 Å². The van der Waals surface area contributed by atoms with Gasteiger partial charge in [0.2, 0.25) is 0 Å². The molecule has 19 heavy (non-hydrogen) atoms. The van der Waals surface area contributed by atoms with Crippen LogP contribution in [-0.2, 0) is 0 Å². The van der Waals surface area contributed by atoms with Crippen molar-refractivity contribution in [2.45, 2.75) is 0 Å². The Hall–Kier alpha value is -2.46. The molecule has 0 fully saturated rings. The monoisotopic (exact) mass is 254 g/mol. The molecule has 2 aromatic rings. The van der Waals surface area contributed by atoms with E-state index in [9.17, 15) is 0 Å². The van der Waals surface area contributed by atoms with Crippen molar-refractivity contribution >= 4 is 22.8 Å². The molecule has 0 aliphatic rings. The summed E-state index contributed by atoms with van der Waals surface area (Å²) < 4.78 is 0. The summed E-state index contributed by atoms with van der Waals surface area (Å²) in [5, 5.41) is 3.31. The van der Waals surface area contributed by atoms with E-state index in [4.69, 9.17) is 17.2 Å². The molecule has 0 unspecified atom stereocenters. The molecule has 4 nitrogen and oxygen atoms in total. The normalized spacial score (nSPS) is 11.3. The lowest BCUT2D eigenvalue weighted by Crippen LogP contribution is -2.06. The molecule has 0 aliphatic heterocycles. The number of nitrogens with one attached hydrogen (secondary N) is 1. The van der Waals surface area contributed by atoms with Gasteiger partial charge in [0.15, 0.2) is 0 Å². The molecule has 0 heterocycles. The fourth-order valence-electron chi connectivity index (χ4n) is 1.83. The van der Waals surface area contributed by atoms with Crippen molar-refractivity contribution in [3.63, 3.8) is 0 Å². The quantitative estimate of drug-likeness (QED) is 0.630. The third-order valence-corrected chi connectivity index (χ3v) is 2.74. The lowest BCUT2D eigenvalue weighted by molar-refractivity contribution is 1.25. The summed E-state index contributed by atoms with van der Waals surface area (Å²) >= 11 is 0. The van der Waals surface area contributed by atoms with E-state index in [-0.39, 0.29) is 0 Å². The molecule has 98 valence electrons. The summed E-state index contributed by atoms with van der Waals surface area (Å²) in [6.45, 7) is 0.420. The number of nitrogen functional groups attached to an aromatic ring is 2. The van der Waals surface area contributed by atoms with Crippen LogP contribution < -0.4 is 22.5 Å². The molecule has 4 heteroatoms. The number of anilines is 3. The molecule has 7 N–H and O–H groups in total. The summed E-state index contributed by atoms with van der Waals surface area (Å²) in [4.78, 5) is 0. The van der Waals surface area contributed by atoms with Gasteiger partial charge in [0.1, 0.15) is 0 Å². The van der Waals surface area contributed by atoms with Crippen LogP contribution in [0.1, 0.15) is 5.56 Å². The minimum Gasteiger partial charge on any atom is -0.399 e. The average molecular weight is 254 g/mol. The smallest absolute Gasteiger partial charge is 0.0451 e. The van der Waals surface area contributed by atoms with E-state index in [0.717, 1.165) is 16.9 Å². The van der Waals surface area contributed by atoms with E-state index in [1.165, 1.54) is 0 Å². The molecule has 0 amide bonds. The van der Waals surface area contributed by atoms with Crippen LogP contribution in [0.3, 0.4) is 0 Å². The van der Waals surface area contributed by atoms with Gasteiger partial charge >= 0.3 is 0 Å². The maximum atomic E-state index is 6.00. The lowest BCUT2D eigenvalue weighted by Gasteiger charge is -2.14. The first-order valence-electron chi connectivity index (χ1n) is 6.08. The van der Waals surface area contributed by atoms with Crippen molar-refractivity contribution < 1.29 is 0 Å². The molecule has 0 saturated heterocycles. The predicted octanol–water partition coefficient (Wildman–Crippen LogP) is 2.26. The first kappa shape index (κ1) is 13.0. The number of benzene rings is 2. The van der Waals surface area contributed by atoms with Gasteiger partial charge in [-0.25, -0.2) is 0 Å². The van der Waals surface area contributed by atoms with E-state index >= 15 is 0 Å². The Labute approximate surface area is 112 Å². The molecule has 0 spiro atoms. The summed E-state index contributed by atoms with van der Waals surface area (Å²) in [6, 6.07) is 15.3. The van der Waals surface area contributed by atoms with Crippen LogP contribution in [0.15, 0.2) is 54.6 Å². The molecular weight excluding hydrogens is 236 g/mol. The van der Waals surface area contributed by atoms with Gasteiger partial charge in [-0.3, -0.25) is 0 Å². The highest BCUT2D eigenvalue weighted by Crippen LogP contribution is 2.25. The maximum absolute atomic E-state index is 6.00. The first-order valence-corrected chi connectivity index (χ1v) is 6.08. The zero-order chi connectivity index (χ0) is 13.7. The molecule has 0 radical (unpaired) electrons. The second-order valence-electron chi connectivity index (χ2n) is 4.19. The number of nitrogens with two attached hydrogens (primary N) is 3. The number of hydrogen-bond donors (Lipinski definition) is 4. The fourth-order valence-corrected chi connectivity index (χ4v) is 1.83. The van der Waals surface area contributed by atoms with E-state index in [2.05, 4.69) is 5.32 Å². The lowest BCUT2D eigenvalue weighted by atomic mass is 10.1. The summed E-state index contributed by atoms with van der Waals surface area (Å²) in [5.74, 6) is 0. The molecule has 0 aromatic heterocycles. The Morgan fingerprint density at radius 2 is 1.79 bits per heavy atom. The highest BCUT2D eigenvalue weighted by molar-refractivity contribution is 5.84. The van der Waals surface area contributed by atoms with Crippen LogP contribution in [0, 0.1) is 0 Å². The molecule has 0 aliphatic carbocycles. The molecule has 2 aromatic carbocycles. The van der Waals surface area contributed by atoms with E-state index in [0.29, 0.717) is 17.9 Å². The molecule has 0 saturated carbocycles. The number of para-hydroxylation sites is 1. The molecule has 0 atom stereocenters. The van der Waals surface area contributed by atoms with Crippen LogP contribution in [0.25, 0.3) is 5.70 Å². The van der Waals surface area contributed by atoms with Crippen LogP contribution in [0.2, 0.25) is 0 Å². The third kappa shape index (κ3) is 3.26. The Bertz CT molecular complexity index is 576. The SMILES string of the molecule is NCC=C(Nc1ccccc1)c1cc(N)ccc1N. The van der Waals surface area contributed by atoms with Crippen molar-refractivity contribution in [3.8, 4) is 0 Å². The fraction of sp³-hybridized carbons (Fsp3) is 0.0667. The van der Waals surface area contributed by atoms with Gasteiger partial charge in [-0.15, -0.1) is 0 Å². The van der Waals surface area contributed by atoms with Crippen LogP contribution in [0.4, 0.5) is 17.1 Å².